The minimum Gasteiger partial charge on any atom is -0.358 e. The molecule has 5 N–H and O–H groups in total. The number of fused-ring (bicyclic) bond motifs is 3. The number of carbonyl (C=O) groups excluding carboxylic acids is 1. The van der Waals surface area contributed by atoms with E-state index >= 15 is 0 Å². The van der Waals surface area contributed by atoms with E-state index in [4.69, 9.17) is 5.73 Å². The van der Waals surface area contributed by atoms with Crippen molar-refractivity contribution in [1.29, 1.82) is 0 Å². The Morgan fingerprint density at radius 2 is 2.21 bits per heavy atom. The Morgan fingerprint density at radius 1 is 1.33 bits per heavy atom. The largest absolute Gasteiger partial charge is 0.358 e. The lowest BCUT2D eigenvalue weighted by Gasteiger charge is -2.18. The van der Waals surface area contributed by atoms with Crippen LogP contribution in [0.15, 0.2) is 18.2 Å². The van der Waals surface area contributed by atoms with Gasteiger partial charge in [-0.2, -0.15) is 0 Å². The van der Waals surface area contributed by atoms with Gasteiger partial charge in [0.15, 0.2) is 0 Å². The molecular weight excluding hydrogens is 300 g/mol. The third-order valence-electron chi connectivity index (χ3n) is 4.80. The standard InChI is InChI=1S/C19H28N4O/c1-2-3-4-5-10-21-19(24)22-14-7-9-18-16(12-14)15-11-13(20)6-8-17(15)23-18/h7,9,12-13,23H,2-6,8,10-11,20H2,1H3,(H2,21,22,24). The fraction of sp³-hybridized carbons (Fsp3) is 0.526. The fourth-order valence-corrected chi connectivity index (χ4v) is 3.45. The van der Waals surface area contributed by atoms with Crippen molar-refractivity contribution in [3.63, 3.8) is 0 Å². The summed E-state index contributed by atoms with van der Waals surface area (Å²) in [5, 5.41) is 7.04. The van der Waals surface area contributed by atoms with E-state index in [2.05, 4.69) is 28.6 Å². The van der Waals surface area contributed by atoms with Gasteiger partial charge in [0.25, 0.3) is 0 Å². The Bertz CT molecular complexity index is 707. The van der Waals surface area contributed by atoms with Crippen LogP contribution in [0.3, 0.4) is 0 Å². The van der Waals surface area contributed by atoms with Gasteiger partial charge in [-0.15, -0.1) is 0 Å². The number of unbranched alkanes of at least 4 members (excludes halogenated alkanes) is 3. The van der Waals surface area contributed by atoms with E-state index in [0.717, 1.165) is 43.4 Å². The lowest BCUT2D eigenvalue weighted by molar-refractivity contribution is 0.252. The van der Waals surface area contributed by atoms with Crippen LogP contribution >= 0.6 is 0 Å². The van der Waals surface area contributed by atoms with Crippen LogP contribution in [0.1, 0.15) is 50.3 Å². The molecule has 0 radical (unpaired) electrons. The maximum atomic E-state index is 12.0. The van der Waals surface area contributed by atoms with E-state index in [1.807, 2.05) is 12.1 Å². The lowest BCUT2D eigenvalue weighted by atomic mass is 9.92. The summed E-state index contributed by atoms with van der Waals surface area (Å²) in [7, 11) is 0. The Labute approximate surface area is 143 Å². The smallest absolute Gasteiger partial charge is 0.319 e. The van der Waals surface area contributed by atoms with Crippen LogP contribution < -0.4 is 16.4 Å². The summed E-state index contributed by atoms with van der Waals surface area (Å²) in [5.74, 6) is 0. The van der Waals surface area contributed by atoms with Gasteiger partial charge in [-0.3, -0.25) is 0 Å². The van der Waals surface area contributed by atoms with Gasteiger partial charge in [0.2, 0.25) is 0 Å². The van der Waals surface area contributed by atoms with Gasteiger partial charge in [-0.25, -0.2) is 4.79 Å². The lowest BCUT2D eigenvalue weighted by Crippen LogP contribution is -2.29. The minimum absolute atomic E-state index is 0.132. The number of amides is 2. The molecule has 0 bridgehead atoms. The molecule has 1 aliphatic rings. The molecule has 0 saturated carbocycles. The summed E-state index contributed by atoms with van der Waals surface area (Å²) in [6.45, 7) is 2.91. The Hall–Kier alpha value is -2.01. The van der Waals surface area contributed by atoms with Crippen molar-refractivity contribution in [2.75, 3.05) is 11.9 Å². The first kappa shape index (κ1) is 16.8. The SMILES string of the molecule is CCCCCCNC(=O)Nc1ccc2[nH]c3c(c2c1)CC(N)CC3. The number of H-pyrrole nitrogens is 1. The fourth-order valence-electron chi connectivity index (χ4n) is 3.45. The van der Waals surface area contributed by atoms with Crippen molar-refractivity contribution in [1.82, 2.24) is 10.3 Å². The van der Waals surface area contributed by atoms with Crippen molar-refractivity contribution in [2.45, 2.75) is 57.9 Å². The summed E-state index contributed by atoms with van der Waals surface area (Å²) in [4.78, 5) is 15.5. The van der Waals surface area contributed by atoms with Crippen LogP contribution in [0.5, 0.6) is 0 Å². The molecule has 130 valence electrons. The number of aromatic amines is 1. The molecule has 2 aromatic rings. The van der Waals surface area contributed by atoms with Crippen LogP contribution in [0.25, 0.3) is 10.9 Å². The predicted molar refractivity (Wildman–Crippen MR) is 99.5 cm³/mol. The third-order valence-corrected chi connectivity index (χ3v) is 4.80. The van der Waals surface area contributed by atoms with E-state index in [9.17, 15) is 4.79 Å². The molecule has 0 aliphatic heterocycles. The van der Waals surface area contributed by atoms with Crippen molar-refractivity contribution >= 4 is 22.6 Å². The summed E-state index contributed by atoms with van der Waals surface area (Å²) in [6.07, 6.45) is 7.57. The van der Waals surface area contributed by atoms with Crippen LogP contribution in [0.4, 0.5) is 10.5 Å². The molecule has 0 spiro atoms. The second kappa shape index (κ2) is 7.71. The average molecular weight is 328 g/mol. The first-order chi connectivity index (χ1) is 11.7. The summed E-state index contributed by atoms with van der Waals surface area (Å²) >= 11 is 0. The molecule has 1 heterocycles. The number of hydrogen-bond donors (Lipinski definition) is 4. The molecule has 1 unspecified atom stereocenters. The van der Waals surface area contributed by atoms with Gasteiger partial charge < -0.3 is 21.4 Å². The zero-order valence-electron chi connectivity index (χ0n) is 14.5. The monoisotopic (exact) mass is 328 g/mol. The summed E-state index contributed by atoms with van der Waals surface area (Å²) < 4.78 is 0. The van der Waals surface area contributed by atoms with Gasteiger partial charge in [-0.1, -0.05) is 26.2 Å². The quantitative estimate of drug-likeness (QED) is 0.610. The zero-order chi connectivity index (χ0) is 16.9. The molecule has 5 heteroatoms. The number of carbonyl (C=O) groups is 1. The molecule has 1 aromatic heterocycles. The highest BCUT2D eigenvalue weighted by atomic mass is 16.2. The molecule has 2 amide bonds. The van der Waals surface area contributed by atoms with Gasteiger partial charge in [0.1, 0.15) is 0 Å². The van der Waals surface area contributed by atoms with Gasteiger partial charge in [-0.05, 0) is 49.4 Å². The second-order valence-corrected chi connectivity index (χ2v) is 6.79. The topological polar surface area (TPSA) is 82.9 Å². The summed E-state index contributed by atoms with van der Waals surface area (Å²) in [5.41, 5.74) is 10.7. The molecular formula is C19H28N4O. The highest BCUT2D eigenvalue weighted by molar-refractivity contribution is 5.94. The molecule has 1 atom stereocenters. The van der Waals surface area contributed by atoms with Crippen LogP contribution in [0.2, 0.25) is 0 Å². The third kappa shape index (κ3) is 3.90. The normalized spacial score (nSPS) is 16.8. The van der Waals surface area contributed by atoms with Gasteiger partial charge >= 0.3 is 6.03 Å². The number of rotatable bonds is 6. The second-order valence-electron chi connectivity index (χ2n) is 6.79. The average Bonchev–Trinajstić information content (AvgIpc) is 2.92. The van der Waals surface area contributed by atoms with Crippen LogP contribution in [0, 0.1) is 0 Å². The predicted octanol–water partition coefficient (Wildman–Crippen LogP) is 3.69. The first-order valence-electron chi connectivity index (χ1n) is 9.11. The van der Waals surface area contributed by atoms with Gasteiger partial charge in [0, 0.05) is 34.9 Å². The molecule has 0 saturated heterocycles. The molecule has 24 heavy (non-hydrogen) atoms. The van der Waals surface area contributed by atoms with Gasteiger partial charge in [0.05, 0.1) is 0 Å². The first-order valence-corrected chi connectivity index (χ1v) is 9.11. The van der Waals surface area contributed by atoms with E-state index < -0.39 is 0 Å². The van der Waals surface area contributed by atoms with Crippen molar-refractivity contribution in [3.05, 3.63) is 29.5 Å². The number of nitrogens with two attached hydrogens (primary N) is 1. The van der Waals surface area contributed by atoms with Crippen LogP contribution in [-0.2, 0) is 12.8 Å². The van der Waals surface area contributed by atoms with E-state index in [1.54, 1.807) is 0 Å². The van der Waals surface area contributed by atoms with Crippen molar-refractivity contribution in [3.8, 4) is 0 Å². The number of anilines is 1. The maximum Gasteiger partial charge on any atom is 0.319 e. The van der Waals surface area contributed by atoms with Crippen molar-refractivity contribution in [2.24, 2.45) is 5.73 Å². The molecule has 1 aliphatic carbocycles. The molecule has 1 aromatic carbocycles. The van der Waals surface area contributed by atoms with E-state index in [1.165, 1.54) is 35.9 Å². The molecule has 3 rings (SSSR count). The highest BCUT2D eigenvalue weighted by Crippen LogP contribution is 2.30. The molecule has 0 fully saturated rings. The Kier molecular flexibility index (Phi) is 5.41. The van der Waals surface area contributed by atoms with E-state index in [0.29, 0.717) is 0 Å². The molecule has 5 nitrogen and oxygen atoms in total. The number of urea groups is 1. The number of hydrogen-bond acceptors (Lipinski definition) is 2. The van der Waals surface area contributed by atoms with E-state index in [-0.39, 0.29) is 12.1 Å². The Balaban J connectivity index is 1.63. The number of nitrogens with one attached hydrogen (secondary N) is 3. The number of aromatic nitrogens is 1. The Morgan fingerprint density at radius 3 is 3.04 bits per heavy atom. The number of aryl methyl sites for hydroxylation is 1. The minimum atomic E-state index is -0.132. The zero-order valence-corrected chi connectivity index (χ0v) is 14.5. The maximum absolute atomic E-state index is 12.0. The highest BCUT2D eigenvalue weighted by Gasteiger charge is 2.20. The van der Waals surface area contributed by atoms with Crippen molar-refractivity contribution < 1.29 is 4.79 Å². The van der Waals surface area contributed by atoms with Crippen LogP contribution in [-0.4, -0.2) is 23.6 Å². The number of benzene rings is 1. The summed E-state index contributed by atoms with van der Waals surface area (Å²) in [6, 6.07) is 6.14.